The van der Waals surface area contributed by atoms with Gasteiger partial charge in [0.25, 0.3) is 11.7 Å². The Morgan fingerprint density at radius 2 is 1.58 bits per heavy atom. The minimum absolute atomic E-state index is 0.0460. The number of benzene rings is 3. The van der Waals surface area contributed by atoms with Crippen LogP contribution in [-0.2, 0) is 16.0 Å². The molecule has 3 aromatic carbocycles. The fraction of sp³-hybridized carbons (Fsp3) is 0.185. The van der Waals surface area contributed by atoms with Gasteiger partial charge < -0.3 is 9.84 Å². The summed E-state index contributed by atoms with van der Waals surface area (Å²) >= 11 is 0. The molecule has 1 amide bonds. The summed E-state index contributed by atoms with van der Waals surface area (Å²) in [4.78, 5) is 27.6. The molecular formula is C27H24FNO4. The number of carbonyl (C=O) groups excluding carboxylic acids is 2. The maximum absolute atomic E-state index is 13.6. The molecule has 0 saturated carbocycles. The van der Waals surface area contributed by atoms with E-state index in [-0.39, 0.29) is 11.3 Å². The van der Waals surface area contributed by atoms with E-state index in [1.165, 1.54) is 29.2 Å². The standard InChI is InChI=1S/C27H24FNO4/c1-3-17-5-13-21(14-6-17)29-24(18-7-11-20(28)12-8-18)23(26(31)27(29)32)25(30)19-9-15-22(16-10-19)33-4-2/h5-16,24,30H,3-4H2,1-2H3/b25-23+. The van der Waals surface area contributed by atoms with E-state index in [0.717, 1.165) is 12.0 Å². The number of nitrogens with zero attached hydrogens (tertiary/aromatic N) is 1. The van der Waals surface area contributed by atoms with Gasteiger partial charge >= 0.3 is 0 Å². The van der Waals surface area contributed by atoms with Crippen molar-refractivity contribution in [3.63, 3.8) is 0 Å². The highest BCUT2D eigenvalue weighted by Crippen LogP contribution is 2.42. The van der Waals surface area contributed by atoms with Gasteiger partial charge in [0.2, 0.25) is 0 Å². The molecule has 1 N–H and O–H groups in total. The van der Waals surface area contributed by atoms with Gasteiger partial charge in [-0.15, -0.1) is 0 Å². The van der Waals surface area contributed by atoms with Gasteiger partial charge in [0.1, 0.15) is 17.3 Å². The number of ketones is 1. The summed E-state index contributed by atoms with van der Waals surface area (Å²) < 4.78 is 19.1. The minimum Gasteiger partial charge on any atom is -0.507 e. The third-order valence-electron chi connectivity index (χ3n) is 5.69. The van der Waals surface area contributed by atoms with E-state index < -0.39 is 23.5 Å². The molecule has 1 fully saturated rings. The third kappa shape index (κ3) is 4.24. The SMILES string of the molecule is CCOc1ccc(/C(O)=C2\C(=O)C(=O)N(c3ccc(CC)cc3)C2c2ccc(F)cc2)cc1. The molecule has 33 heavy (non-hydrogen) atoms. The van der Waals surface area contributed by atoms with Gasteiger partial charge in [-0.05, 0) is 73.0 Å². The molecule has 1 atom stereocenters. The number of rotatable bonds is 6. The number of carbonyl (C=O) groups is 2. The Morgan fingerprint density at radius 3 is 2.15 bits per heavy atom. The lowest BCUT2D eigenvalue weighted by molar-refractivity contribution is -0.132. The van der Waals surface area contributed by atoms with Gasteiger partial charge in [-0.3, -0.25) is 14.5 Å². The lowest BCUT2D eigenvalue weighted by Gasteiger charge is -2.25. The van der Waals surface area contributed by atoms with E-state index in [1.807, 2.05) is 26.0 Å². The van der Waals surface area contributed by atoms with Crippen LogP contribution < -0.4 is 9.64 Å². The zero-order chi connectivity index (χ0) is 23.5. The largest absolute Gasteiger partial charge is 0.507 e. The molecule has 5 nitrogen and oxygen atoms in total. The fourth-order valence-corrected chi connectivity index (χ4v) is 3.98. The molecule has 0 aromatic heterocycles. The molecule has 4 rings (SSSR count). The number of anilines is 1. The van der Waals surface area contributed by atoms with Crippen molar-refractivity contribution in [3.05, 3.63) is 101 Å². The van der Waals surface area contributed by atoms with E-state index in [0.29, 0.717) is 29.2 Å². The molecule has 0 aliphatic carbocycles. The lowest BCUT2D eigenvalue weighted by atomic mass is 9.95. The molecule has 0 bridgehead atoms. The number of ether oxygens (including phenoxy) is 1. The fourth-order valence-electron chi connectivity index (χ4n) is 3.98. The lowest BCUT2D eigenvalue weighted by Crippen LogP contribution is -2.29. The first kappa shape index (κ1) is 22.3. The van der Waals surface area contributed by atoms with Gasteiger partial charge in [-0.1, -0.05) is 31.2 Å². The highest BCUT2D eigenvalue weighted by molar-refractivity contribution is 6.51. The zero-order valence-electron chi connectivity index (χ0n) is 18.4. The van der Waals surface area contributed by atoms with Crippen molar-refractivity contribution in [2.75, 3.05) is 11.5 Å². The van der Waals surface area contributed by atoms with E-state index in [4.69, 9.17) is 4.74 Å². The minimum atomic E-state index is -0.898. The highest BCUT2D eigenvalue weighted by atomic mass is 19.1. The summed E-state index contributed by atoms with van der Waals surface area (Å²) in [6.07, 6.45) is 0.832. The first-order chi connectivity index (χ1) is 15.9. The molecule has 3 aromatic rings. The summed E-state index contributed by atoms with van der Waals surface area (Å²) in [5, 5.41) is 11.1. The predicted molar refractivity (Wildman–Crippen MR) is 125 cm³/mol. The molecule has 1 aliphatic heterocycles. The number of hydrogen-bond acceptors (Lipinski definition) is 4. The second kappa shape index (κ2) is 9.28. The van der Waals surface area contributed by atoms with Gasteiger partial charge in [0.15, 0.2) is 0 Å². The molecule has 6 heteroatoms. The summed E-state index contributed by atoms with van der Waals surface area (Å²) in [5.41, 5.74) is 2.46. The molecule has 1 unspecified atom stereocenters. The second-order valence-corrected chi connectivity index (χ2v) is 7.70. The number of amides is 1. The monoisotopic (exact) mass is 445 g/mol. The molecule has 1 aliphatic rings. The average Bonchev–Trinajstić information content (AvgIpc) is 3.10. The van der Waals surface area contributed by atoms with Crippen LogP contribution in [0.2, 0.25) is 0 Å². The number of hydrogen-bond donors (Lipinski definition) is 1. The van der Waals surface area contributed by atoms with Crippen LogP contribution in [-0.4, -0.2) is 23.4 Å². The van der Waals surface area contributed by atoms with Crippen LogP contribution >= 0.6 is 0 Å². The van der Waals surface area contributed by atoms with E-state index in [9.17, 15) is 19.1 Å². The van der Waals surface area contributed by atoms with Gasteiger partial charge in [-0.25, -0.2) is 4.39 Å². The topological polar surface area (TPSA) is 66.8 Å². The molecule has 0 spiro atoms. The molecule has 168 valence electrons. The van der Waals surface area contributed by atoms with E-state index in [1.54, 1.807) is 36.4 Å². The Balaban J connectivity index is 1.86. The maximum Gasteiger partial charge on any atom is 0.300 e. The van der Waals surface area contributed by atoms with Crippen molar-refractivity contribution in [2.45, 2.75) is 26.3 Å². The first-order valence-electron chi connectivity index (χ1n) is 10.8. The van der Waals surface area contributed by atoms with Crippen LogP contribution in [0.3, 0.4) is 0 Å². The van der Waals surface area contributed by atoms with Crippen molar-refractivity contribution >= 4 is 23.1 Å². The Kier molecular flexibility index (Phi) is 6.27. The van der Waals surface area contributed by atoms with E-state index in [2.05, 4.69) is 0 Å². The van der Waals surface area contributed by atoms with Crippen LogP contribution in [0, 0.1) is 5.82 Å². The number of aliphatic hydroxyl groups is 1. The quantitative estimate of drug-likeness (QED) is 0.313. The van der Waals surface area contributed by atoms with Gasteiger partial charge in [0, 0.05) is 11.3 Å². The molecular weight excluding hydrogens is 421 g/mol. The third-order valence-corrected chi connectivity index (χ3v) is 5.69. The van der Waals surface area contributed by atoms with Crippen molar-refractivity contribution in [1.29, 1.82) is 0 Å². The Labute approximate surface area is 191 Å². The van der Waals surface area contributed by atoms with Crippen molar-refractivity contribution < 1.29 is 23.8 Å². The number of aryl methyl sites for hydroxylation is 1. The normalized spacial score (nSPS) is 17.4. The highest BCUT2D eigenvalue weighted by Gasteiger charge is 2.46. The Morgan fingerprint density at radius 1 is 0.939 bits per heavy atom. The zero-order valence-corrected chi connectivity index (χ0v) is 18.4. The van der Waals surface area contributed by atoms with Crippen molar-refractivity contribution in [3.8, 4) is 5.75 Å². The molecule has 1 saturated heterocycles. The van der Waals surface area contributed by atoms with Gasteiger partial charge in [-0.2, -0.15) is 0 Å². The summed E-state index contributed by atoms with van der Waals surface area (Å²) in [6.45, 7) is 4.39. The summed E-state index contributed by atoms with van der Waals surface area (Å²) in [5.74, 6) is -1.65. The van der Waals surface area contributed by atoms with Gasteiger partial charge in [0.05, 0.1) is 18.2 Å². The van der Waals surface area contributed by atoms with Crippen molar-refractivity contribution in [1.82, 2.24) is 0 Å². The smallest absolute Gasteiger partial charge is 0.300 e. The van der Waals surface area contributed by atoms with E-state index >= 15 is 0 Å². The van der Waals surface area contributed by atoms with Crippen LogP contribution in [0.1, 0.15) is 36.6 Å². The molecule has 0 radical (unpaired) electrons. The van der Waals surface area contributed by atoms with Crippen LogP contribution in [0.5, 0.6) is 5.75 Å². The van der Waals surface area contributed by atoms with Crippen LogP contribution in [0.25, 0.3) is 5.76 Å². The average molecular weight is 445 g/mol. The second-order valence-electron chi connectivity index (χ2n) is 7.70. The van der Waals surface area contributed by atoms with Crippen molar-refractivity contribution in [2.24, 2.45) is 0 Å². The van der Waals surface area contributed by atoms with Crippen LogP contribution in [0.4, 0.5) is 10.1 Å². The molecule has 1 heterocycles. The summed E-state index contributed by atoms with van der Waals surface area (Å²) in [6, 6.07) is 18.6. The Hall–Kier alpha value is -3.93. The summed E-state index contributed by atoms with van der Waals surface area (Å²) in [7, 11) is 0. The maximum atomic E-state index is 13.6. The number of halogens is 1. The number of aliphatic hydroxyl groups excluding tert-OH is 1. The first-order valence-corrected chi connectivity index (χ1v) is 10.8. The Bertz CT molecular complexity index is 1200. The number of Topliss-reactive ketones (excluding diaryl/α,β-unsaturated/α-hetero) is 1. The van der Waals surface area contributed by atoms with Crippen LogP contribution in [0.15, 0.2) is 78.4 Å². The predicted octanol–water partition coefficient (Wildman–Crippen LogP) is 5.41.